The molecule has 0 amide bonds. The zero-order valence-corrected chi connectivity index (χ0v) is 16.2. The lowest BCUT2D eigenvalue weighted by Gasteiger charge is -2.31. The Hall–Kier alpha value is -3.06. The van der Waals surface area contributed by atoms with Crippen molar-refractivity contribution < 1.29 is 4.74 Å². The maximum atomic E-state index is 7.04. The summed E-state index contributed by atoms with van der Waals surface area (Å²) in [5, 5.41) is 7.46. The molecule has 29 heavy (non-hydrogen) atoms. The van der Waals surface area contributed by atoms with E-state index in [4.69, 9.17) is 22.9 Å². The fraction of sp³-hybridized carbons (Fsp3) is 0.500. The van der Waals surface area contributed by atoms with E-state index in [0.717, 1.165) is 43.6 Å². The molecule has 0 aromatic carbocycles. The minimum Gasteiger partial charge on any atom is -0.463 e. The van der Waals surface area contributed by atoms with E-state index in [2.05, 4.69) is 44.9 Å². The number of H-pyrrole nitrogens is 1. The summed E-state index contributed by atoms with van der Waals surface area (Å²) in [6.45, 7) is 9.01. The number of ether oxygens (including phenoxy) is 1. The van der Waals surface area contributed by atoms with Crippen molar-refractivity contribution in [1.29, 1.82) is 0 Å². The second kappa shape index (κ2) is 7.40. The predicted octanol–water partition coefficient (Wildman–Crippen LogP) is 2.26. The molecule has 3 aromatic heterocycles. The van der Waals surface area contributed by atoms with Gasteiger partial charge in [-0.05, 0) is 24.4 Å². The van der Waals surface area contributed by atoms with E-state index in [1.807, 2.05) is 0 Å². The average molecular weight is 412 g/mol. The van der Waals surface area contributed by atoms with E-state index in [0.29, 0.717) is 24.1 Å². The topological polar surface area (TPSA) is 110 Å². The number of hydrogen-bond acceptors (Lipinski definition) is 8. The molecule has 0 radical (unpaired) electrons. The van der Waals surface area contributed by atoms with Crippen LogP contribution in [-0.2, 0) is 0 Å². The van der Waals surface area contributed by atoms with Gasteiger partial charge in [-0.25, -0.2) is 16.5 Å². The van der Waals surface area contributed by atoms with Crippen molar-refractivity contribution in [2.75, 3.05) is 24.6 Å². The maximum absolute atomic E-state index is 7.04. The van der Waals surface area contributed by atoms with Gasteiger partial charge < -0.3 is 14.5 Å². The highest BCUT2D eigenvalue weighted by Gasteiger charge is 2.44. The quantitative estimate of drug-likeness (QED) is 0.636. The second-order valence-corrected chi connectivity index (χ2v) is 7.66. The molecule has 0 bridgehead atoms. The fourth-order valence-corrected chi connectivity index (χ4v) is 3.85. The zero-order chi connectivity index (χ0) is 19.8. The van der Waals surface area contributed by atoms with E-state index in [1.54, 1.807) is 12.4 Å². The number of halogens is 1. The molecule has 2 aliphatic rings. The minimum absolute atomic E-state index is 0.0639. The number of piperidine rings is 1. The predicted molar refractivity (Wildman–Crippen MR) is 105 cm³/mol. The van der Waals surface area contributed by atoms with Crippen LogP contribution in [0.5, 0.6) is 6.01 Å². The Bertz CT molecular complexity index is 1070. The van der Waals surface area contributed by atoms with Gasteiger partial charge in [0, 0.05) is 37.8 Å². The Balaban J connectivity index is 1.25. The first-order valence-corrected chi connectivity index (χ1v) is 9.90. The number of fused-ring (bicyclic) bond motifs is 1. The lowest BCUT2D eigenvalue weighted by molar-refractivity contribution is 0.274. The maximum Gasteiger partial charge on any atom is 0.322 e. The highest BCUT2D eigenvalue weighted by Crippen LogP contribution is 2.34. The van der Waals surface area contributed by atoms with Crippen LogP contribution in [0.3, 0.4) is 0 Å². The minimum atomic E-state index is 0.0639. The van der Waals surface area contributed by atoms with E-state index in [9.17, 15) is 0 Å². The molecule has 0 spiro atoms. The van der Waals surface area contributed by atoms with Gasteiger partial charge in [0.15, 0.2) is 5.65 Å². The average Bonchev–Trinajstić information content (AvgIpc) is 3.39. The van der Waals surface area contributed by atoms with Gasteiger partial charge in [0.2, 0.25) is 17.3 Å². The zero-order valence-electron chi connectivity index (χ0n) is 15.5. The molecule has 2 fully saturated rings. The van der Waals surface area contributed by atoms with Crippen molar-refractivity contribution in [2.45, 2.75) is 31.2 Å². The monoisotopic (exact) mass is 411 g/mol. The molecule has 3 aromatic rings. The third kappa shape index (κ3) is 3.65. The van der Waals surface area contributed by atoms with Gasteiger partial charge in [0.1, 0.15) is 12.1 Å². The Kier molecular flexibility index (Phi) is 4.60. The van der Waals surface area contributed by atoms with Crippen LogP contribution in [0.2, 0.25) is 5.28 Å². The van der Waals surface area contributed by atoms with Gasteiger partial charge in [-0.15, -0.1) is 0 Å². The molecule has 2 atom stereocenters. The molecule has 1 saturated carbocycles. The SMILES string of the molecule is [C-]#[N+][C@@H]1C[C@@H]1COc1nc(Cl)nc(N2CCC(c3[nH]nc4nccnc34)CC2)n1. The van der Waals surface area contributed by atoms with Gasteiger partial charge in [0.25, 0.3) is 0 Å². The van der Waals surface area contributed by atoms with Crippen molar-refractivity contribution in [3.63, 3.8) is 0 Å². The standard InChI is InChI=1S/C18H18ClN9O/c1-20-12-8-11(12)9-29-18-24-16(19)23-17(25-18)28-6-2-10(3-7-28)13-14-15(27-26-13)22-5-4-21-14/h4-5,10-12H,2-3,6-9H2,(H,22,26,27)/t11-,12-/m1/s1. The molecular formula is C18H18ClN9O. The van der Waals surface area contributed by atoms with Crippen molar-refractivity contribution >= 4 is 28.7 Å². The number of aromatic amines is 1. The van der Waals surface area contributed by atoms with Gasteiger partial charge in [-0.3, -0.25) is 5.10 Å². The van der Waals surface area contributed by atoms with E-state index in [-0.39, 0.29) is 23.3 Å². The summed E-state index contributed by atoms with van der Waals surface area (Å²) >= 11 is 6.09. The second-order valence-electron chi connectivity index (χ2n) is 7.32. The van der Waals surface area contributed by atoms with Crippen LogP contribution >= 0.6 is 11.6 Å². The number of nitrogens with zero attached hydrogens (tertiary/aromatic N) is 8. The van der Waals surface area contributed by atoms with Crippen LogP contribution in [0, 0.1) is 12.5 Å². The normalized spacial score (nSPS) is 21.9. The number of rotatable bonds is 5. The first-order chi connectivity index (χ1) is 14.2. The largest absolute Gasteiger partial charge is 0.463 e. The molecule has 1 N–H and O–H groups in total. The van der Waals surface area contributed by atoms with Crippen LogP contribution in [0.4, 0.5) is 5.95 Å². The fourth-order valence-electron chi connectivity index (χ4n) is 3.70. The molecule has 10 nitrogen and oxygen atoms in total. The highest BCUT2D eigenvalue weighted by atomic mass is 35.5. The van der Waals surface area contributed by atoms with Crippen LogP contribution in [0.1, 0.15) is 30.9 Å². The molecule has 1 aliphatic heterocycles. The molecular weight excluding hydrogens is 394 g/mol. The van der Waals surface area contributed by atoms with Gasteiger partial charge in [0.05, 0.1) is 11.6 Å². The van der Waals surface area contributed by atoms with Crippen molar-refractivity contribution in [3.05, 3.63) is 34.8 Å². The molecule has 0 unspecified atom stereocenters. The number of nitrogens with one attached hydrogen (secondary N) is 1. The summed E-state index contributed by atoms with van der Waals surface area (Å²) in [5.41, 5.74) is 2.51. The van der Waals surface area contributed by atoms with Crippen molar-refractivity contribution in [1.82, 2.24) is 35.1 Å². The van der Waals surface area contributed by atoms with E-state index < -0.39 is 0 Å². The summed E-state index contributed by atoms with van der Waals surface area (Å²) in [6.07, 6.45) is 6.01. The van der Waals surface area contributed by atoms with Crippen LogP contribution in [0.25, 0.3) is 16.0 Å². The number of aromatic nitrogens is 7. The van der Waals surface area contributed by atoms with Gasteiger partial charge in [-0.2, -0.15) is 20.1 Å². The molecule has 148 valence electrons. The van der Waals surface area contributed by atoms with Crippen molar-refractivity contribution in [2.24, 2.45) is 5.92 Å². The number of hydrogen-bond donors (Lipinski definition) is 1. The first kappa shape index (κ1) is 18.0. The Morgan fingerprint density at radius 3 is 2.83 bits per heavy atom. The van der Waals surface area contributed by atoms with Crippen LogP contribution in [0.15, 0.2) is 12.4 Å². The van der Waals surface area contributed by atoms with Crippen LogP contribution in [-0.4, -0.2) is 60.9 Å². The van der Waals surface area contributed by atoms with Crippen molar-refractivity contribution in [3.8, 4) is 6.01 Å². The third-order valence-electron chi connectivity index (χ3n) is 5.46. The Morgan fingerprint density at radius 2 is 2.03 bits per heavy atom. The summed E-state index contributed by atoms with van der Waals surface area (Å²) < 4.78 is 5.66. The Morgan fingerprint density at radius 1 is 1.21 bits per heavy atom. The molecule has 11 heteroatoms. The summed E-state index contributed by atoms with van der Waals surface area (Å²) in [6, 6.07) is 0.279. The number of anilines is 1. The highest BCUT2D eigenvalue weighted by molar-refractivity contribution is 6.28. The lowest BCUT2D eigenvalue weighted by atomic mass is 9.93. The Labute approximate surface area is 171 Å². The lowest BCUT2D eigenvalue weighted by Crippen LogP contribution is -2.34. The third-order valence-corrected chi connectivity index (χ3v) is 5.62. The summed E-state index contributed by atoms with van der Waals surface area (Å²) in [7, 11) is 0. The molecule has 4 heterocycles. The first-order valence-electron chi connectivity index (χ1n) is 9.52. The smallest absolute Gasteiger partial charge is 0.322 e. The van der Waals surface area contributed by atoms with E-state index >= 15 is 0 Å². The molecule has 1 saturated heterocycles. The van der Waals surface area contributed by atoms with Gasteiger partial charge >= 0.3 is 6.01 Å². The summed E-state index contributed by atoms with van der Waals surface area (Å²) in [5.74, 6) is 1.10. The van der Waals surface area contributed by atoms with E-state index in [1.165, 1.54) is 0 Å². The summed E-state index contributed by atoms with van der Waals surface area (Å²) in [4.78, 5) is 27.0. The van der Waals surface area contributed by atoms with Gasteiger partial charge in [-0.1, -0.05) is 0 Å². The molecule has 5 rings (SSSR count). The van der Waals surface area contributed by atoms with Crippen LogP contribution < -0.4 is 9.64 Å². The molecule has 1 aliphatic carbocycles.